The topological polar surface area (TPSA) is 56.2 Å². The number of amides is 1. The number of aryl methyl sites for hydroxylation is 1. The number of nitrogens with one attached hydrogen (secondary N) is 1. The Kier molecular flexibility index (Phi) is 6.43. The predicted molar refractivity (Wildman–Crippen MR) is 122 cm³/mol. The first-order valence-electron chi connectivity index (χ1n) is 10.4. The summed E-state index contributed by atoms with van der Waals surface area (Å²) in [7, 11) is 0. The molecule has 0 radical (unpaired) electrons. The number of aromatic nitrogens is 2. The van der Waals surface area contributed by atoms with Gasteiger partial charge in [-0.3, -0.25) is 9.48 Å². The summed E-state index contributed by atoms with van der Waals surface area (Å²) >= 11 is 0. The highest BCUT2D eigenvalue weighted by atomic mass is 16.5. The van der Waals surface area contributed by atoms with Crippen LogP contribution in [0.3, 0.4) is 0 Å². The average molecular weight is 412 g/mol. The van der Waals surface area contributed by atoms with Gasteiger partial charge < -0.3 is 10.1 Å². The molecule has 0 fully saturated rings. The van der Waals surface area contributed by atoms with Crippen LogP contribution in [-0.2, 0) is 19.6 Å². The Labute approximate surface area is 182 Å². The summed E-state index contributed by atoms with van der Waals surface area (Å²) in [5, 5.41) is 7.58. The van der Waals surface area contributed by atoms with Gasteiger partial charge in [0.05, 0.1) is 6.54 Å². The maximum Gasteiger partial charge on any atom is 0.262 e. The molecule has 156 valence electrons. The maximum absolute atomic E-state index is 13.1. The molecule has 0 saturated heterocycles. The number of anilines is 1. The first-order chi connectivity index (χ1) is 15.2. The molecule has 0 aliphatic carbocycles. The van der Waals surface area contributed by atoms with E-state index in [0.717, 1.165) is 28.8 Å². The molecule has 5 heteroatoms. The van der Waals surface area contributed by atoms with E-state index in [0.29, 0.717) is 24.6 Å². The van der Waals surface area contributed by atoms with Gasteiger partial charge in [0, 0.05) is 11.9 Å². The molecule has 1 amide bonds. The zero-order valence-electron chi connectivity index (χ0n) is 17.5. The lowest BCUT2D eigenvalue weighted by Gasteiger charge is -2.10. The second-order valence-corrected chi connectivity index (χ2v) is 7.27. The number of hydrogen-bond acceptors (Lipinski definition) is 3. The van der Waals surface area contributed by atoms with E-state index in [4.69, 9.17) is 4.74 Å². The van der Waals surface area contributed by atoms with Gasteiger partial charge in [0.1, 0.15) is 12.2 Å². The number of carbonyl (C=O) groups excluding carboxylic acids is 1. The molecule has 0 atom stereocenters. The SMILES string of the molecule is CCc1ccccc1NC(=O)c1cn(Cc2ccccc2)nc1OCc1ccccc1. The molecule has 0 aliphatic heterocycles. The van der Waals surface area contributed by atoms with Crippen molar-refractivity contribution in [3.05, 3.63) is 113 Å². The van der Waals surface area contributed by atoms with Gasteiger partial charge in [0.2, 0.25) is 5.88 Å². The van der Waals surface area contributed by atoms with Crippen molar-refractivity contribution >= 4 is 11.6 Å². The smallest absolute Gasteiger partial charge is 0.262 e. The highest BCUT2D eigenvalue weighted by Crippen LogP contribution is 2.22. The van der Waals surface area contributed by atoms with Crippen LogP contribution < -0.4 is 10.1 Å². The Morgan fingerprint density at radius 1 is 0.903 bits per heavy atom. The number of hydrogen-bond donors (Lipinski definition) is 1. The summed E-state index contributed by atoms with van der Waals surface area (Å²) in [5.74, 6) is 0.0922. The van der Waals surface area contributed by atoms with Gasteiger partial charge in [0.25, 0.3) is 5.91 Å². The number of para-hydroxylation sites is 1. The molecule has 4 rings (SSSR count). The number of benzene rings is 3. The fraction of sp³-hybridized carbons (Fsp3) is 0.154. The summed E-state index contributed by atoms with van der Waals surface area (Å²) in [5.41, 5.74) is 4.42. The van der Waals surface area contributed by atoms with Crippen LogP contribution in [0.2, 0.25) is 0 Å². The molecular formula is C26H25N3O2. The molecule has 0 unspecified atom stereocenters. The lowest BCUT2D eigenvalue weighted by atomic mass is 10.1. The summed E-state index contributed by atoms with van der Waals surface area (Å²) in [6.07, 6.45) is 2.58. The third-order valence-electron chi connectivity index (χ3n) is 5.02. The standard InChI is InChI=1S/C26H25N3O2/c1-2-22-15-9-10-16-24(22)27-25(30)23-18-29(17-20-11-5-3-6-12-20)28-26(23)31-19-21-13-7-4-8-14-21/h3-16,18H,2,17,19H2,1H3,(H,27,30). The first-order valence-corrected chi connectivity index (χ1v) is 10.4. The summed E-state index contributed by atoms with van der Waals surface area (Å²) < 4.78 is 7.71. The monoisotopic (exact) mass is 411 g/mol. The zero-order valence-corrected chi connectivity index (χ0v) is 17.5. The Hall–Kier alpha value is -3.86. The molecule has 0 bridgehead atoms. The Morgan fingerprint density at radius 2 is 1.55 bits per heavy atom. The highest BCUT2D eigenvalue weighted by Gasteiger charge is 2.19. The van der Waals surface area contributed by atoms with E-state index in [9.17, 15) is 4.79 Å². The number of nitrogens with zero attached hydrogens (tertiary/aromatic N) is 2. The minimum absolute atomic E-state index is 0.233. The maximum atomic E-state index is 13.1. The first kappa shape index (κ1) is 20.4. The van der Waals surface area contributed by atoms with Crippen LogP contribution in [0.4, 0.5) is 5.69 Å². The minimum atomic E-state index is -0.233. The van der Waals surface area contributed by atoms with Gasteiger partial charge in [-0.05, 0) is 29.2 Å². The highest BCUT2D eigenvalue weighted by molar-refractivity contribution is 6.06. The lowest BCUT2D eigenvalue weighted by molar-refractivity contribution is 0.102. The molecule has 1 N–H and O–H groups in total. The van der Waals surface area contributed by atoms with Gasteiger partial charge in [-0.15, -0.1) is 5.10 Å². The fourth-order valence-electron chi connectivity index (χ4n) is 3.38. The molecule has 4 aromatic rings. The molecule has 0 spiro atoms. The summed E-state index contributed by atoms with van der Waals surface area (Å²) in [6, 6.07) is 27.7. The van der Waals surface area contributed by atoms with Gasteiger partial charge in [-0.2, -0.15) is 0 Å². The predicted octanol–water partition coefficient (Wildman–Crippen LogP) is 5.33. The minimum Gasteiger partial charge on any atom is -0.471 e. The van der Waals surface area contributed by atoms with Gasteiger partial charge in [0.15, 0.2) is 0 Å². The van der Waals surface area contributed by atoms with Gasteiger partial charge in [-0.1, -0.05) is 85.8 Å². The Bertz CT molecular complexity index is 1140. The third-order valence-corrected chi connectivity index (χ3v) is 5.02. The van der Waals surface area contributed by atoms with E-state index in [1.54, 1.807) is 10.9 Å². The quantitative estimate of drug-likeness (QED) is 0.427. The normalized spacial score (nSPS) is 10.6. The lowest BCUT2D eigenvalue weighted by Crippen LogP contribution is -2.14. The molecule has 1 aromatic heterocycles. The Morgan fingerprint density at radius 3 is 2.26 bits per heavy atom. The largest absolute Gasteiger partial charge is 0.471 e. The van der Waals surface area contributed by atoms with Crippen LogP contribution in [0.15, 0.2) is 91.1 Å². The zero-order chi connectivity index (χ0) is 21.5. The molecule has 1 heterocycles. The van der Waals surface area contributed by atoms with E-state index in [1.807, 2.05) is 84.9 Å². The van der Waals surface area contributed by atoms with E-state index in [1.165, 1.54) is 0 Å². The van der Waals surface area contributed by atoms with E-state index in [-0.39, 0.29) is 5.91 Å². The number of rotatable bonds is 8. The van der Waals surface area contributed by atoms with E-state index >= 15 is 0 Å². The second-order valence-electron chi connectivity index (χ2n) is 7.27. The summed E-state index contributed by atoms with van der Waals surface area (Å²) in [6.45, 7) is 2.97. The van der Waals surface area contributed by atoms with E-state index in [2.05, 4.69) is 17.3 Å². The van der Waals surface area contributed by atoms with Crippen molar-refractivity contribution in [1.29, 1.82) is 0 Å². The third kappa shape index (κ3) is 5.20. The molecule has 3 aromatic carbocycles. The molecular weight excluding hydrogens is 386 g/mol. The van der Waals surface area contributed by atoms with Crippen molar-refractivity contribution in [3.8, 4) is 5.88 Å². The van der Waals surface area contributed by atoms with Crippen molar-refractivity contribution in [2.75, 3.05) is 5.32 Å². The van der Waals surface area contributed by atoms with Crippen molar-refractivity contribution in [3.63, 3.8) is 0 Å². The van der Waals surface area contributed by atoms with Gasteiger partial charge in [-0.25, -0.2) is 0 Å². The van der Waals surface area contributed by atoms with Crippen LogP contribution in [0, 0.1) is 0 Å². The van der Waals surface area contributed by atoms with Crippen LogP contribution in [0.25, 0.3) is 0 Å². The van der Waals surface area contributed by atoms with Crippen LogP contribution in [0.5, 0.6) is 5.88 Å². The van der Waals surface area contributed by atoms with Crippen LogP contribution in [-0.4, -0.2) is 15.7 Å². The number of carbonyl (C=O) groups is 1. The van der Waals surface area contributed by atoms with Crippen molar-refractivity contribution in [1.82, 2.24) is 9.78 Å². The van der Waals surface area contributed by atoms with Crippen molar-refractivity contribution < 1.29 is 9.53 Å². The van der Waals surface area contributed by atoms with Crippen LogP contribution >= 0.6 is 0 Å². The Balaban J connectivity index is 1.59. The molecule has 0 aliphatic rings. The van der Waals surface area contributed by atoms with E-state index < -0.39 is 0 Å². The molecule has 5 nitrogen and oxygen atoms in total. The summed E-state index contributed by atoms with van der Waals surface area (Å²) in [4.78, 5) is 13.1. The molecule has 0 saturated carbocycles. The average Bonchev–Trinajstić information content (AvgIpc) is 3.22. The van der Waals surface area contributed by atoms with Crippen molar-refractivity contribution in [2.24, 2.45) is 0 Å². The van der Waals surface area contributed by atoms with Crippen LogP contribution in [0.1, 0.15) is 34.0 Å². The molecule has 31 heavy (non-hydrogen) atoms. The fourth-order valence-corrected chi connectivity index (χ4v) is 3.38. The van der Waals surface area contributed by atoms with Gasteiger partial charge >= 0.3 is 0 Å². The van der Waals surface area contributed by atoms with Crippen molar-refractivity contribution in [2.45, 2.75) is 26.5 Å². The second kappa shape index (κ2) is 9.76. The number of ether oxygens (including phenoxy) is 1.